The van der Waals surface area contributed by atoms with E-state index in [1.807, 2.05) is 23.2 Å². The number of aromatic nitrogens is 2. The van der Waals surface area contributed by atoms with Crippen LogP contribution in [0.15, 0.2) is 41.5 Å². The van der Waals surface area contributed by atoms with Crippen molar-refractivity contribution in [1.82, 2.24) is 19.8 Å². The van der Waals surface area contributed by atoms with Crippen LogP contribution < -0.4 is 0 Å². The SMILES string of the molecule is COC[C@H]1CN(Cc2ccccn2)CC12CCN(C(=O)c1cocn1)CC2. The van der Waals surface area contributed by atoms with Crippen molar-refractivity contribution in [2.24, 2.45) is 11.3 Å². The first kappa shape index (κ1) is 18.1. The Morgan fingerprint density at radius 2 is 2.19 bits per heavy atom. The fraction of sp³-hybridized carbons (Fsp3) is 0.550. The Bertz CT molecular complexity index is 742. The molecule has 144 valence electrons. The summed E-state index contributed by atoms with van der Waals surface area (Å²) in [4.78, 5) is 25.4. The number of ether oxygens (including phenoxy) is 1. The van der Waals surface area contributed by atoms with Crippen molar-refractivity contribution >= 4 is 5.91 Å². The average Bonchev–Trinajstić information content (AvgIpc) is 3.33. The van der Waals surface area contributed by atoms with Gasteiger partial charge in [-0.25, -0.2) is 4.98 Å². The molecular weight excluding hydrogens is 344 g/mol. The maximum absolute atomic E-state index is 12.5. The molecule has 7 nitrogen and oxygen atoms in total. The van der Waals surface area contributed by atoms with Crippen molar-refractivity contribution in [3.63, 3.8) is 0 Å². The van der Waals surface area contributed by atoms with Gasteiger partial charge in [0.25, 0.3) is 5.91 Å². The summed E-state index contributed by atoms with van der Waals surface area (Å²) in [6.07, 6.45) is 6.55. The van der Waals surface area contributed by atoms with Crippen molar-refractivity contribution in [3.8, 4) is 0 Å². The largest absolute Gasteiger partial charge is 0.451 e. The number of pyridine rings is 1. The molecule has 7 heteroatoms. The smallest absolute Gasteiger partial charge is 0.275 e. The van der Waals surface area contributed by atoms with E-state index in [4.69, 9.17) is 9.15 Å². The number of carbonyl (C=O) groups is 1. The molecule has 4 heterocycles. The quantitative estimate of drug-likeness (QED) is 0.802. The number of rotatable bonds is 5. The molecule has 0 N–H and O–H groups in total. The second kappa shape index (κ2) is 7.78. The van der Waals surface area contributed by atoms with Gasteiger partial charge in [-0.05, 0) is 30.4 Å². The molecule has 27 heavy (non-hydrogen) atoms. The van der Waals surface area contributed by atoms with Gasteiger partial charge in [-0.3, -0.25) is 14.7 Å². The second-order valence-electron chi connectivity index (χ2n) is 7.67. The first-order chi connectivity index (χ1) is 13.2. The molecule has 0 aromatic carbocycles. The molecule has 2 fully saturated rings. The Morgan fingerprint density at radius 1 is 1.33 bits per heavy atom. The number of nitrogens with zero attached hydrogens (tertiary/aromatic N) is 4. The minimum absolute atomic E-state index is 0.0368. The Kier molecular flexibility index (Phi) is 5.22. The Hall–Kier alpha value is -2.25. The highest BCUT2D eigenvalue weighted by atomic mass is 16.5. The van der Waals surface area contributed by atoms with E-state index in [2.05, 4.69) is 20.9 Å². The summed E-state index contributed by atoms with van der Waals surface area (Å²) in [6, 6.07) is 6.06. The van der Waals surface area contributed by atoms with Gasteiger partial charge in [-0.15, -0.1) is 0 Å². The lowest BCUT2D eigenvalue weighted by atomic mass is 9.71. The zero-order valence-electron chi connectivity index (χ0n) is 15.7. The van der Waals surface area contributed by atoms with Gasteiger partial charge in [0, 0.05) is 51.9 Å². The van der Waals surface area contributed by atoms with Crippen LogP contribution in [0.3, 0.4) is 0 Å². The molecule has 1 spiro atoms. The third-order valence-electron chi connectivity index (χ3n) is 6.06. The van der Waals surface area contributed by atoms with Crippen molar-refractivity contribution in [2.45, 2.75) is 19.4 Å². The van der Waals surface area contributed by atoms with Gasteiger partial charge in [-0.1, -0.05) is 6.07 Å². The lowest BCUT2D eigenvalue weighted by molar-refractivity contribution is 0.0319. The predicted octanol–water partition coefficient (Wildman–Crippen LogP) is 2.07. The van der Waals surface area contributed by atoms with Gasteiger partial charge in [0.05, 0.1) is 12.3 Å². The second-order valence-corrected chi connectivity index (χ2v) is 7.67. The summed E-state index contributed by atoms with van der Waals surface area (Å²) in [5, 5.41) is 0. The fourth-order valence-electron chi connectivity index (χ4n) is 4.62. The van der Waals surface area contributed by atoms with Crippen LogP contribution in [0.4, 0.5) is 0 Å². The van der Waals surface area contributed by atoms with E-state index in [0.29, 0.717) is 11.6 Å². The monoisotopic (exact) mass is 370 g/mol. The molecule has 4 rings (SSSR count). The van der Waals surface area contributed by atoms with Crippen molar-refractivity contribution in [1.29, 1.82) is 0 Å². The Labute approximate surface area is 159 Å². The summed E-state index contributed by atoms with van der Waals surface area (Å²) in [6.45, 7) is 5.18. The zero-order valence-corrected chi connectivity index (χ0v) is 15.7. The third kappa shape index (κ3) is 3.75. The van der Waals surface area contributed by atoms with Crippen LogP contribution in [-0.2, 0) is 11.3 Å². The zero-order chi connectivity index (χ0) is 18.7. The number of piperidine rings is 1. The van der Waals surface area contributed by atoms with Crippen molar-refractivity contribution in [3.05, 3.63) is 48.4 Å². The number of oxazole rings is 1. The summed E-state index contributed by atoms with van der Waals surface area (Å²) < 4.78 is 10.5. The Balaban J connectivity index is 1.42. The summed E-state index contributed by atoms with van der Waals surface area (Å²) in [5.74, 6) is 0.445. The summed E-state index contributed by atoms with van der Waals surface area (Å²) in [7, 11) is 1.78. The molecule has 1 atom stereocenters. The molecular formula is C20H26N4O3. The van der Waals surface area contributed by atoms with E-state index in [1.54, 1.807) is 7.11 Å². The maximum atomic E-state index is 12.5. The Morgan fingerprint density at radius 3 is 2.85 bits per heavy atom. The molecule has 2 saturated heterocycles. The molecule has 2 aromatic heterocycles. The van der Waals surface area contributed by atoms with E-state index in [-0.39, 0.29) is 11.3 Å². The average molecular weight is 370 g/mol. The van der Waals surface area contributed by atoms with Gasteiger partial charge in [0.15, 0.2) is 12.1 Å². The van der Waals surface area contributed by atoms with E-state index in [0.717, 1.165) is 57.9 Å². The molecule has 2 aliphatic rings. The normalized spacial score (nSPS) is 22.4. The highest BCUT2D eigenvalue weighted by Crippen LogP contribution is 2.45. The highest BCUT2D eigenvalue weighted by molar-refractivity contribution is 5.91. The molecule has 0 aliphatic carbocycles. The minimum atomic E-state index is -0.0368. The lowest BCUT2D eigenvalue weighted by Crippen LogP contribution is -2.47. The highest BCUT2D eigenvalue weighted by Gasteiger charge is 2.48. The molecule has 2 aliphatic heterocycles. The molecule has 1 amide bonds. The van der Waals surface area contributed by atoms with Crippen LogP contribution in [0.5, 0.6) is 0 Å². The number of hydrogen-bond acceptors (Lipinski definition) is 6. The molecule has 0 unspecified atom stereocenters. The van der Waals surface area contributed by atoms with Gasteiger partial charge in [0.2, 0.25) is 0 Å². The van der Waals surface area contributed by atoms with Crippen LogP contribution in [0.2, 0.25) is 0 Å². The van der Waals surface area contributed by atoms with Gasteiger partial charge in [0.1, 0.15) is 6.26 Å². The minimum Gasteiger partial charge on any atom is -0.451 e. The van der Waals surface area contributed by atoms with Crippen molar-refractivity contribution < 1.29 is 13.9 Å². The molecule has 0 radical (unpaired) electrons. The van der Waals surface area contributed by atoms with E-state index < -0.39 is 0 Å². The lowest BCUT2D eigenvalue weighted by Gasteiger charge is -2.42. The number of amides is 1. The fourth-order valence-corrected chi connectivity index (χ4v) is 4.62. The van der Waals surface area contributed by atoms with E-state index in [9.17, 15) is 4.79 Å². The van der Waals surface area contributed by atoms with E-state index in [1.165, 1.54) is 12.7 Å². The van der Waals surface area contributed by atoms with Crippen molar-refractivity contribution in [2.75, 3.05) is 39.9 Å². The summed E-state index contributed by atoms with van der Waals surface area (Å²) >= 11 is 0. The van der Waals surface area contributed by atoms with Gasteiger partial charge >= 0.3 is 0 Å². The van der Waals surface area contributed by atoms with Crippen LogP contribution in [0.1, 0.15) is 29.0 Å². The third-order valence-corrected chi connectivity index (χ3v) is 6.06. The number of likely N-dealkylation sites (tertiary alicyclic amines) is 2. The topological polar surface area (TPSA) is 71.7 Å². The first-order valence-corrected chi connectivity index (χ1v) is 9.49. The maximum Gasteiger partial charge on any atom is 0.275 e. The standard InChI is InChI=1S/C20H26N4O3/c1-26-12-16-10-23(11-17-4-2-3-7-21-17)14-20(16)5-8-24(9-6-20)19(25)18-13-27-15-22-18/h2-4,7,13,15-16H,5-6,8-12,14H2,1H3/t16-/m1/s1. The van der Waals surface area contributed by atoms with Gasteiger partial charge < -0.3 is 14.1 Å². The number of methoxy groups -OCH3 is 1. The van der Waals surface area contributed by atoms with Crippen LogP contribution >= 0.6 is 0 Å². The molecule has 2 aromatic rings. The molecule has 0 saturated carbocycles. The number of carbonyl (C=O) groups excluding carboxylic acids is 1. The van der Waals surface area contributed by atoms with Gasteiger partial charge in [-0.2, -0.15) is 0 Å². The first-order valence-electron chi connectivity index (χ1n) is 9.49. The van der Waals surface area contributed by atoms with Crippen LogP contribution in [-0.4, -0.2) is 65.6 Å². The van der Waals surface area contributed by atoms with E-state index >= 15 is 0 Å². The predicted molar refractivity (Wildman–Crippen MR) is 99.0 cm³/mol. The van der Waals surface area contributed by atoms with Crippen LogP contribution in [0.25, 0.3) is 0 Å². The van der Waals surface area contributed by atoms with Crippen LogP contribution in [0, 0.1) is 11.3 Å². The summed E-state index contributed by atoms with van der Waals surface area (Å²) in [5.41, 5.74) is 1.69. The number of hydrogen-bond donors (Lipinski definition) is 0. The molecule has 0 bridgehead atoms.